The molecule has 184 valence electrons. The van der Waals surface area contributed by atoms with Crippen LogP contribution >= 0.6 is 23.2 Å². The molecule has 2 saturated heterocycles. The molecule has 0 spiro atoms. The Morgan fingerprint density at radius 3 is 2.44 bits per heavy atom. The summed E-state index contributed by atoms with van der Waals surface area (Å²) < 4.78 is 11.0. The second kappa shape index (κ2) is 11.3. The van der Waals surface area contributed by atoms with Gasteiger partial charge in [-0.1, -0.05) is 35.3 Å². The highest BCUT2D eigenvalue weighted by Crippen LogP contribution is 2.38. The Morgan fingerprint density at radius 1 is 1.03 bits per heavy atom. The van der Waals surface area contributed by atoms with Crippen LogP contribution in [0, 0.1) is 13.8 Å². The molecule has 0 aromatic heterocycles. The number of ether oxygens (including phenoxy) is 2. The van der Waals surface area contributed by atoms with Gasteiger partial charge >= 0.3 is 0 Å². The molecule has 2 fully saturated rings. The summed E-state index contributed by atoms with van der Waals surface area (Å²) in [5.41, 5.74) is 4.74. The number of carbonyl (C=O) groups excluding carboxylic acids is 1. The Hall–Kier alpha value is -1.79. The Balaban J connectivity index is 1.34. The van der Waals surface area contributed by atoms with Gasteiger partial charge in [0.05, 0.1) is 23.1 Å². The van der Waals surface area contributed by atoms with Crippen LogP contribution in [0.25, 0.3) is 0 Å². The Morgan fingerprint density at radius 2 is 1.76 bits per heavy atom. The van der Waals surface area contributed by atoms with Crippen molar-refractivity contribution in [3.8, 4) is 5.75 Å². The highest BCUT2D eigenvalue weighted by atomic mass is 35.5. The van der Waals surface area contributed by atoms with Crippen LogP contribution < -0.4 is 10.1 Å². The first-order valence-corrected chi connectivity index (χ1v) is 12.8. The Labute approximate surface area is 212 Å². The molecule has 4 rings (SSSR count). The van der Waals surface area contributed by atoms with E-state index in [0.717, 1.165) is 30.7 Å². The van der Waals surface area contributed by atoms with Gasteiger partial charge in [-0.2, -0.15) is 0 Å². The maximum atomic E-state index is 12.7. The van der Waals surface area contributed by atoms with E-state index in [2.05, 4.69) is 36.2 Å². The van der Waals surface area contributed by atoms with E-state index in [-0.39, 0.29) is 11.9 Å². The number of rotatable bonds is 9. The topological polar surface area (TPSA) is 50.8 Å². The molecule has 0 aliphatic carbocycles. The van der Waals surface area contributed by atoms with Crippen molar-refractivity contribution in [2.24, 2.45) is 0 Å². The van der Waals surface area contributed by atoms with Crippen molar-refractivity contribution in [2.45, 2.75) is 70.6 Å². The first-order chi connectivity index (χ1) is 16.4. The first kappa shape index (κ1) is 25.3. The van der Waals surface area contributed by atoms with Gasteiger partial charge in [-0.25, -0.2) is 0 Å². The predicted octanol–water partition coefficient (Wildman–Crippen LogP) is 5.49. The summed E-state index contributed by atoms with van der Waals surface area (Å²) in [4.78, 5) is 15.3. The third-order valence-electron chi connectivity index (χ3n) is 7.35. The average Bonchev–Trinajstić information content (AvgIpc) is 3.03. The van der Waals surface area contributed by atoms with E-state index in [1.165, 1.54) is 29.5 Å². The molecular formula is C27H34Cl2N2O3. The number of hydrogen-bond acceptors (Lipinski definition) is 4. The molecule has 2 heterocycles. The fourth-order valence-corrected chi connectivity index (χ4v) is 5.70. The number of carbonyl (C=O) groups is 1. The summed E-state index contributed by atoms with van der Waals surface area (Å²) >= 11 is 12.1. The van der Waals surface area contributed by atoms with Crippen LogP contribution in [-0.4, -0.2) is 49.3 Å². The van der Waals surface area contributed by atoms with Crippen LogP contribution in [-0.2, 0) is 22.5 Å². The lowest BCUT2D eigenvalue weighted by atomic mass is 9.95. The number of hydrogen-bond donors (Lipinski definition) is 1. The van der Waals surface area contributed by atoms with Gasteiger partial charge in [0, 0.05) is 31.8 Å². The lowest BCUT2D eigenvalue weighted by Gasteiger charge is -2.39. The zero-order valence-corrected chi connectivity index (χ0v) is 21.7. The molecule has 2 aromatic carbocycles. The van der Waals surface area contributed by atoms with E-state index in [1.54, 1.807) is 19.2 Å². The summed E-state index contributed by atoms with van der Waals surface area (Å²) in [5.74, 6) is 0.983. The molecule has 2 aromatic rings. The summed E-state index contributed by atoms with van der Waals surface area (Å²) in [6.07, 6.45) is 4.71. The number of nitrogens with one attached hydrogen (secondary N) is 1. The maximum Gasteiger partial charge on any atom is 0.224 e. The minimum absolute atomic E-state index is 0.0479. The average molecular weight is 505 g/mol. The van der Waals surface area contributed by atoms with Crippen molar-refractivity contribution < 1.29 is 14.3 Å². The van der Waals surface area contributed by atoms with E-state index in [1.807, 2.05) is 6.07 Å². The third-order valence-corrected chi connectivity index (χ3v) is 8.08. The smallest absolute Gasteiger partial charge is 0.224 e. The molecule has 2 aliphatic rings. The molecule has 2 bridgehead atoms. The van der Waals surface area contributed by atoms with Crippen LogP contribution in [0.5, 0.6) is 5.75 Å². The number of benzene rings is 2. The minimum Gasteiger partial charge on any atom is -0.491 e. The summed E-state index contributed by atoms with van der Waals surface area (Å²) in [7, 11) is 1.68. The van der Waals surface area contributed by atoms with Gasteiger partial charge in [0.1, 0.15) is 12.4 Å². The summed E-state index contributed by atoms with van der Waals surface area (Å²) in [5, 5.41) is 4.26. The predicted molar refractivity (Wildman–Crippen MR) is 137 cm³/mol. The van der Waals surface area contributed by atoms with Crippen molar-refractivity contribution in [3.63, 3.8) is 0 Å². The SMILES string of the molecule is COCCOc1ccc(CN2C3CCC2CC(NC(=O)Cc2ccc(Cl)c(Cl)c2)C3)c(C)c1C. The molecule has 2 aliphatic heterocycles. The maximum absolute atomic E-state index is 12.7. The third kappa shape index (κ3) is 5.88. The van der Waals surface area contributed by atoms with Gasteiger partial charge < -0.3 is 14.8 Å². The van der Waals surface area contributed by atoms with Gasteiger partial charge in [-0.3, -0.25) is 9.69 Å². The first-order valence-electron chi connectivity index (χ1n) is 12.1. The lowest BCUT2D eigenvalue weighted by Crippen LogP contribution is -2.50. The molecule has 7 heteroatoms. The zero-order valence-electron chi connectivity index (χ0n) is 20.2. The quantitative estimate of drug-likeness (QED) is 0.458. The fraction of sp³-hybridized carbons (Fsp3) is 0.519. The number of methoxy groups -OCH3 is 1. The van der Waals surface area contributed by atoms with Crippen molar-refractivity contribution in [1.29, 1.82) is 0 Å². The van der Waals surface area contributed by atoms with Crippen molar-refractivity contribution >= 4 is 29.1 Å². The van der Waals surface area contributed by atoms with E-state index >= 15 is 0 Å². The van der Waals surface area contributed by atoms with Crippen LogP contribution in [0.3, 0.4) is 0 Å². The number of amides is 1. The molecule has 0 saturated carbocycles. The normalized spacial score (nSPS) is 22.1. The number of fused-ring (bicyclic) bond motifs is 2. The fourth-order valence-electron chi connectivity index (χ4n) is 5.38. The zero-order chi connectivity index (χ0) is 24.2. The molecule has 1 N–H and O–H groups in total. The van der Waals surface area contributed by atoms with Crippen molar-refractivity contribution in [1.82, 2.24) is 10.2 Å². The highest BCUT2D eigenvalue weighted by Gasteiger charge is 2.41. The summed E-state index contributed by atoms with van der Waals surface area (Å²) in [6, 6.07) is 10.9. The van der Waals surface area contributed by atoms with Gasteiger partial charge in [-0.15, -0.1) is 0 Å². The van der Waals surface area contributed by atoms with Gasteiger partial charge in [0.25, 0.3) is 0 Å². The second-order valence-electron chi connectivity index (χ2n) is 9.53. The molecule has 2 atom stereocenters. The van der Waals surface area contributed by atoms with E-state index in [9.17, 15) is 4.79 Å². The van der Waals surface area contributed by atoms with Crippen LogP contribution in [0.1, 0.15) is 47.9 Å². The standard InChI is InChI=1S/C27H34Cl2N2O3/c1-17-18(2)26(34-11-10-33-3)9-5-20(17)16-31-22-6-7-23(31)15-21(14-22)30-27(32)13-19-4-8-24(28)25(29)12-19/h4-5,8-9,12,21-23H,6-7,10-11,13-16H2,1-3H3,(H,30,32). The number of nitrogens with zero attached hydrogens (tertiary/aromatic N) is 1. The van der Waals surface area contributed by atoms with Crippen LogP contribution in [0.2, 0.25) is 10.0 Å². The monoisotopic (exact) mass is 504 g/mol. The highest BCUT2D eigenvalue weighted by molar-refractivity contribution is 6.42. The molecule has 1 amide bonds. The Bertz CT molecular complexity index is 1020. The molecule has 0 radical (unpaired) electrons. The second-order valence-corrected chi connectivity index (χ2v) is 10.3. The molecule has 34 heavy (non-hydrogen) atoms. The molecule has 2 unspecified atom stereocenters. The van der Waals surface area contributed by atoms with E-state index < -0.39 is 0 Å². The minimum atomic E-state index is 0.0479. The Kier molecular flexibility index (Phi) is 8.41. The van der Waals surface area contributed by atoms with Gasteiger partial charge in [-0.05, 0) is 80.0 Å². The molecule has 5 nitrogen and oxygen atoms in total. The number of piperidine rings is 1. The van der Waals surface area contributed by atoms with E-state index in [4.69, 9.17) is 32.7 Å². The van der Waals surface area contributed by atoms with Gasteiger partial charge in [0.15, 0.2) is 0 Å². The number of halogens is 2. The van der Waals surface area contributed by atoms with Crippen molar-refractivity contribution in [3.05, 3.63) is 62.6 Å². The lowest BCUT2D eigenvalue weighted by molar-refractivity contribution is -0.121. The molecular weight excluding hydrogens is 471 g/mol. The van der Waals surface area contributed by atoms with E-state index in [0.29, 0.717) is 41.8 Å². The van der Waals surface area contributed by atoms with Crippen molar-refractivity contribution in [2.75, 3.05) is 20.3 Å². The summed E-state index contributed by atoms with van der Waals surface area (Å²) in [6.45, 7) is 6.41. The largest absolute Gasteiger partial charge is 0.491 e. The van der Waals surface area contributed by atoms with Crippen LogP contribution in [0.15, 0.2) is 30.3 Å². The van der Waals surface area contributed by atoms with Gasteiger partial charge in [0.2, 0.25) is 5.91 Å². The van der Waals surface area contributed by atoms with Crippen LogP contribution in [0.4, 0.5) is 0 Å².